The Labute approximate surface area is 104 Å². The lowest BCUT2D eigenvalue weighted by Gasteiger charge is -2.17. The van der Waals surface area contributed by atoms with Crippen LogP contribution in [0.1, 0.15) is 18.5 Å². The molecule has 94 valence electrons. The van der Waals surface area contributed by atoms with Crippen LogP contribution in [0.15, 0.2) is 42.5 Å². The number of nitrogens with one attached hydrogen (secondary N) is 1. The van der Waals surface area contributed by atoms with Gasteiger partial charge in [-0.05, 0) is 18.6 Å². The number of anilines is 2. The molecule has 0 amide bonds. The maximum atomic E-state index is 13.3. The predicted molar refractivity (Wildman–Crippen MR) is 69.3 cm³/mol. The van der Waals surface area contributed by atoms with Crippen molar-refractivity contribution in [2.24, 2.45) is 0 Å². The summed E-state index contributed by atoms with van der Waals surface area (Å²) in [6, 6.07) is 11.5. The highest BCUT2D eigenvalue weighted by molar-refractivity contribution is 5.67. The molecule has 2 aromatic carbocycles. The summed E-state index contributed by atoms with van der Waals surface area (Å²) in [6.45, 7) is 1.90. The molecule has 2 aromatic rings. The van der Waals surface area contributed by atoms with E-state index < -0.39 is 11.6 Å². The highest BCUT2D eigenvalue weighted by Gasteiger charge is 2.11. The smallest absolute Gasteiger partial charge is 0.151 e. The average Bonchev–Trinajstić information content (AvgIpc) is 2.36. The first-order chi connectivity index (χ1) is 8.58. The van der Waals surface area contributed by atoms with Crippen LogP contribution in [0, 0.1) is 11.6 Å². The van der Waals surface area contributed by atoms with Crippen LogP contribution in [-0.2, 0) is 0 Å². The molecule has 0 fully saturated rings. The lowest BCUT2D eigenvalue weighted by molar-refractivity contribution is 0.586. The zero-order valence-electron chi connectivity index (χ0n) is 9.95. The molecule has 2 nitrogen and oxygen atoms in total. The van der Waals surface area contributed by atoms with Crippen molar-refractivity contribution in [1.82, 2.24) is 0 Å². The number of nitrogen functional groups attached to an aromatic ring is 1. The molecule has 0 saturated carbocycles. The molecule has 3 N–H and O–H groups in total. The van der Waals surface area contributed by atoms with Crippen LogP contribution in [0.3, 0.4) is 0 Å². The van der Waals surface area contributed by atoms with Gasteiger partial charge < -0.3 is 11.1 Å². The zero-order chi connectivity index (χ0) is 13.1. The Morgan fingerprint density at radius 2 is 1.78 bits per heavy atom. The topological polar surface area (TPSA) is 38.0 Å². The molecule has 1 atom stereocenters. The molecule has 0 spiro atoms. The van der Waals surface area contributed by atoms with Crippen LogP contribution in [0.25, 0.3) is 0 Å². The second kappa shape index (κ2) is 5.04. The van der Waals surface area contributed by atoms with Gasteiger partial charge in [0.05, 0.1) is 11.4 Å². The Morgan fingerprint density at radius 1 is 1.11 bits per heavy atom. The van der Waals surface area contributed by atoms with Crippen molar-refractivity contribution < 1.29 is 8.78 Å². The summed E-state index contributed by atoms with van der Waals surface area (Å²) in [7, 11) is 0. The van der Waals surface area contributed by atoms with Gasteiger partial charge in [0, 0.05) is 12.1 Å². The van der Waals surface area contributed by atoms with Gasteiger partial charge in [0.2, 0.25) is 0 Å². The molecule has 18 heavy (non-hydrogen) atoms. The van der Waals surface area contributed by atoms with Gasteiger partial charge in [-0.15, -0.1) is 0 Å². The largest absolute Gasteiger partial charge is 0.395 e. The van der Waals surface area contributed by atoms with Crippen LogP contribution >= 0.6 is 0 Å². The summed E-state index contributed by atoms with van der Waals surface area (Å²) in [4.78, 5) is 0. The summed E-state index contributed by atoms with van der Waals surface area (Å²) in [5, 5.41) is 3.00. The molecule has 0 aromatic heterocycles. The van der Waals surface area contributed by atoms with Crippen LogP contribution < -0.4 is 11.1 Å². The molecular formula is C14H14F2N2. The van der Waals surface area contributed by atoms with Gasteiger partial charge >= 0.3 is 0 Å². The van der Waals surface area contributed by atoms with Crippen molar-refractivity contribution in [1.29, 1.82) is 0 Å². The molecule has 0 heterocycles. The minimum Gasteiger partial charge on any atom is -0.395 e. The molecule has 1 unspecified atom stereocenters. The van der Waals surface area contributed by atoms with Crippen LogP contribution in [0.4, 0.5) is 20.2 Å². The summed E-state index contributed by atoms with van der Waals surface area (Å²) in [5.74, 6) is -1.40. The Kier molecular flexibility index (Phi) is 3.46. The fourth-order valence-corrected chi connectivity index (χ4v) is 1.76. The van der Waals surface area contributed by atoms with E-state index in [2.05, 4.69) is 5.32 Å². The van der Waals surface area contributed by atoms with Crippen molar-refractivity contribution in [3.63, 3.8) is 0 Å². The first kappa shape index (κ1) is 12.4. The van der Waals surface area contributed by atoms with Crippen molar-refractivity contribution in [3.05, 3.63) is 59.7 Å². The Hall–Kier alpha value is -2.10. The predicted octanol–water partition coefficient (Wildman–Crippen LogP) is 3.72. The van der Waals surface area contributed by atoms with Gasteiger partial charge in [0.15, 0.2) is 5.82 Å². The Balaban J connectivity index is 2.24. The molecule has 0 saturated heterocycles. The van der Waals surface area contributed by atoms with Crippen molar-refractivity contribution in [2.75, 3.05) is 11.1 Å². The van der Waals surface area contributed by atoms with E-state index in [1.54, 1.807) is 0 Å². The lowest BCUT2D eigenvalue weighted by Crippen LogP contribution is -2.09. The second-order valence-corrected chi connectivity index (χ2v) is 4.13. The summed E-state index contributed by atoms with van der Waals surface area (Å²) >= 11 is 0. The van der Waals surface area contributed by atoms with Gasteiger partial charge in [-0.25, -0.2) is 8.78 Å². The molecular weight excluding hydrogens is 234 g/mol. The number of hydrogen-bond acceptors (Lipinski definition) is 2. The minimum absolute atomic E-state index is 0.0702. The van der Waals surface area contributed by atoms with E-state index >= 15 is 0 Å². The van der Waals surface area contributed by atoms with Crippen molar-refractivity contribution >= 4 is 11.4 Å². The number of halogens is 2. The summed E-state index contributed by atoms with van der Waals surface area (Å²) in [6.07, 6.45) is 0. The lowest BCUT2D eigenvalue weighted by atomic mass is 10.1. The minimum atomic E-state index is -0.752. The molecule has 0 aliphatic heterocycles. The first-order valence-corrected chi connectivity index (χ1v) is 5.64. The third-order valence-electron chi connectivity index (χ3n) is 2.77. The summed E-state index contributed by atoms with van der Waals surface area (Å²) in [5.41, 5.74) is 6.79. The van der Waals surface area contributed by atoms with E-state index in [0.717, 1.165) is 11.6 Å². The van der Waals surface area contributed by atoms with E-state index in [4.69, 9.17) is 5.73 Å². The van der Waals surface area contributed by atoms with E-state index in [-0.39, 0.29) is 17.4 Å². The number of hydrogen-bond donors (Lipinski definition) is 2. The third-order valence-corrected chi connectivity index (χ3v) is 2.77. The molecule has 4 heteroatoms. The van der Waals surface area contributed by atoms with E-state index in [1.165, 1.54) is 6.07 Å². The van der Waals surface area contributed by atoms with Gasteiger partial charge in [-0.3, -0.25) is 0 Å². The maximum Gasteiger partial charge on any atom is 0.151 e. The van der Waals surface area contributed by atoms with E-state index in [1.807, 2.05) is 37.3 Å². The Morgan fingerprint density at radius 3 is 2.44 bits per heavy atom. The van der Waals surface area contributed by atoms with Crippen LogP contribution in [0.2, 0.25) is 0 Å². The van der Waals surface area contributed by atoms with Crippen LogP contribution in [-0.4, -0.2) is 0 Å². The van der Waals surface area contributed by atoms with E-state index in [9.17, 15) is 8.78 Å². The SMILES string of the molecule is CC(Nc1cc(F)cc(F)c1N)c1ccccc1. The fraction of sp³-hybridized carbons (Fsp3) is 0.143. The highest BCUT2D eigenvalue weighted by Crippen LogP contribution is 2.27. The monoisotopic (exact) mass is 248 g/mol. The number of rotatable bonds is 3. The third kappa shape index (κ3) is 2.59. The molecule has 0 aliphatic rings. The normalized spacial score (nSPS) is 12.2. The van der Waals surface area contributed by atoms with Gasteiger partial charge in [0.1, 0.15) is 5.82 Å². The van der Waals surface area contributed by atoms with Crippen LogP contribution in [0.5, 0.6) is 0 Å². The summed E-state index contributed by atoms with van der Waals surface area (Å²) < 4.78 is 26.4. The van der Waals surface area contributed by atoms with E-state index in [0.29, 0.717) is 0 Å². The zero-order valence-corrected chi connectivity index (χ0v) is 9.95. The van der Waals surface area contributed by atoms with Gasteiger partial charge in [-0.1, -0.05) is 30.3 Å². The fourth-order valence-electron chi connectivity index (χ4n) is 1.76. The quantitative estimate of drug-likeness (QED) is 0.812. The number of benzene rings is 2. The molecule has 0 bridgehead atoms. The standard InChI is InChI=1S/C14H14F2N2/c1-9(10-5-3-2-4-6-10)18-13-8-11(15)7-12(16)14(13)17/h2-9,18H,17H2,1H3. The van der Waals surface area contributed by atoms with Crippen molar-refractivity contribution in [3.8, 4) is 0 Å². The first-order valence-electron chi connectivity index (χ1n) is 5.64. The maximum absolute atomic E-state index is 13.3. The van der Waals surface area contributed by atoms with Gasteiger partial charge in [-0.2, -0.15) is 0 Å². The molecule has 2 rings (SSSR count). The molecule has 0 aliphatic carbocycles. The second-order valence-electron chi connectivity index (χ2n) is 4.13. The van der Waals surface area contributed by atoms with Crippen molar-refractivity contribution in [2.45, 2.75) is 13.0 Å². The Bertz CT molecular complexity index is 541. The average molecular weight is 248 g/mol. The highest BCUT2D eigenvalue weighted by atomic mass is 19.1. The number of nitrogens with two attached hydrogens (primary N) is 1. The molecule has 0 radical (unpaired) electrons. The van der Waals surface area contributed by atoms with Gasteiger partial charge in [0.25, 0.3) is 0 Å².